The van der Waals surface area contributed by atoms with Crippen molar-refractivity contribution < 1.29 is 13.2 Å². The van der Waals surface area contributed by atoms with Crippen LogP contribution in [-0.4, -0.2) is 19.7 Å². The number of hydrogen-bond donors (Lipinski definition) is 0. The summed E-state index contributed by atoms with van der Waals surface area (Å²) in [5.74, 6) is -1.75. The molecule has 0 saturated heterocycles. The highest BCUT2D eigenvalue weighted by molar-refractivity contribution is 5.62. The largest absolute Gasteiger partial charge is 0.250 e. The molecule has 3 rings (SSSR count). The molecule has 0 atom stereocenters. The van der Waals surface area contributed by atoms with Gasteiger partial charge in [0, 0.05) is 23.4 Å². The van der Waals surface area contributed by atoms with Crippen molar-refractivity contribution in [3.8, 4) is 17.1 Å². The minimum atomic E-state index is -0.690. The molecule has 20 heavy (non-hydrogen) atoms. The molecule has 0 aliphatic carbocycles. The van der Waals surface area contributed by atoms with Crippen LogP contribution in [0.25, 0.3) is 17.1 Å². The molecule has 100 valence electrons. The first kappa shape index (κ1) is 12.3. The van der Waals surface area contributed by atoms with E-state index in [2.05, 4.69) is 15.1 Å². The van der Waals surface area contributed by atoms with Crippen LogP contribution in [0.15, 0.2) is 43.0 Å². The fraction of sp³-hybridized carbons (Fsp3) is 0. The van der Waals surface area contributed by atoms with Crippen molar-refractivity contribution >= 4 is 0 Å². The molecule has 0 spiro atoms. The molecular weight excluding hydrogens is 269 g/mol. The van der Waals surface area contributed by atoms with Crippen molar-refractivity contribution in [2.24, 2.45) is 0 Å². The Hall–Kier alpha value is -2.70. The molecule has 2 heterocycles. The summed E-state index contributed by atoms with van der Waals surface area (Å²) in [6, 6.07) is 3.27. The average molecular weight is 276 g/mol. The van der Waals surface area contributed by atoms with Crippen LogP contribution in [0, 0.1) is 17.5 Å². The fourth-order valence-corrected chi connectivity index (χ4v) is 1.72. The van der Waals surface area contributed by atoms with Gasteiger partial charge in [-0.3, -0.25) is 0 Å². The molecule has 0 aliphatic heterocycles. The van der Waals surface area contributed by atoms with E-state index in [0.717, 1.165) is 24.5 Å². The predicted octanol–water partition coefficient (Wildman–Crippen LogP) is 2.75. The molecule has 3 aromatic rings. The van der Waals surface area contributed by atoms with E-state index < -0.39 is 17.5 Å². The highest BCUT2D eigenvalue weighted by Crippen LogP contribution is 2.23. The first-order chi connectivity index (χ1) is 9.63. The van der Waals surface area contributed by atoms with E-state index in [9.17, 15) is 13.2 Å². The van der Waals surface area contributed by atoms with Gasteiger partial charge in [0.05, 0.1) is 18.6 Å². The summed E-state index contributed by atoms with van der Waals surface area (Å²) in [6.07, 6.45) is 4.87. The molecule has 1 aromatic carbocycles. The highest BCUT2D eigenvalue weighted by atomic mass is 19.1. The maximum atomic E-state index is 13.6. The summed E-state index contributed by atoms with van der Waals surface area (Å²) in [4.78, 5) is 7.51. The lowest BCUT2D eigenvalue weighted by Gasteiger charge is -2.00. The first-order valence-corrected chi connectivity index (χ1v) is 5.61. The van der Waals surface area contributed by atoms with Gasteiger partial charge >= 0.3 is 0 Å². The van der Waals surface area contributed by atoms with Gasteiger partial charge in [-0.05, 0) is 12.1 Å². The van der Waals surface area contributed by atoms with Crippen LogP contribution in [0.3, 0.4) is 0 Å². The second-order valence-corrected chi connectivity index (χ2v) is 4.00. The fourth-order valence-electron chi connectivity index (χ4n) is 1.72. The SMILES string of the molecule is Fc1cnc(-n2cc(-c3ccc(F)cc3F)cn2)nc1. The second-order valence-electron chi connectivity index (χ2n) is 4.00. The zero-order valence-corrected chi connectivity index (χ0v) is 9.96. The van der Waals surface area contributed by atoms with Gasteiger partial charge in [-0.2, -0.15) is 5.10 Å². The molecule has 0 radical (unpaired) electrons. The summed E-state index contributed by atoms with van der Waals surface area (Å²) >= 11 is 0. The minimum Gasteiger partial charge on any atom is -0.217 e. The maximum Gasteiger partial charge on any atom is 0.250 e. The molecule has 4 nitrogen and oxygen atoms in total. The third-order valence-corrected chi connectivity index (χ3v) is 2.64. The third kappa shape index (κ3) is 2.25. The maximum absolute atomic E-state index is 13.6. The van der Waals surface area contributed by atoms with E-state index in [0.29, 0.717) is 5.56 Å². The number of hydrogen-bond acceptors (Lipinski definition) is 3. The zero-order valence-electron chi connectivity index (χ0n) is 9.96. The van der Waals surface area contributed by atoms with Crippen LogP contribution in [0.5, 0.6) is 0 Å². The number of rotatable bonds is 2. The first-order valence-electron chi connectivity index (χ1n) is 5.61. The van der Waals surface area contributed by atoms with Crippen LogP contribution in [0.4, 0.5) is 13.2 Å². The lowest BCUT2D eigenvalue weighted by Crippen LogP contribution is -2.01. The molecule has 2 aromatic heterocycles. The lowest BCUT2D eigenvalue weighted by atomic mass is 10.1. The second kappa shape index (κ2) is 4.76. The number of nitrogens with zero attached hydrogens (tertiary/aromatic N) is 4. The lowest BCUT2D eigenvalue weighted by molar-refractivity contribution is 0.585. The van der Waals surface area contributed by atoms with Crippen LogP contribution >= 0.6 is 0 Å². The van der Waals surface area contributed by atoms with Crippen LogP contribution in [-0.2, 0) is 0 Å². The van der Waals surface area contributed by atoms with Crippen molar-refractivity contribution in [1.82, 2.24) is 19.7 Å². The Bertz CT molecular complexity index is 753. The van der Waals surface area contributed by atoms with E-state index in [-0.39, 0.29) is 11.5 Å². The van der Waals surface area contributed by atoms with E-state index in [1.54, 1.807) is 0 Å². The molecule has 0 bridgehead atoms. The topological polar surface area (TPSA) is 43.6 Å². The molecule has 7 heteroatoms. The van der Waals surface area contributed by atoms with Gasteiger partial charge in [-0.15, -0.1) is 0 Å². The summed E-state index contributed by atoms with van der Waals surface area (Å²) in [5.41, 5.74) is 0.648. The van der Waals surface area contributed by atoms with Crippen molar-refractivity contribution in [1.29, 1.82) is 0 Å². The van der Waals surface area contributed by atoms with E-state index in [1.165, 1.54) is 23.1 Å². The molecular formula is C13H7F3N4. The van der Waals surface area contributed by atoms with Crippen molar-refractivity contribution in [3.05, 3.63) is 60.4 Å². The zero-order chi connectivity index (χ0) is 14.1. The van der Waals surface area contributed by atoms with Crippen LogP contribution in [0.2, 0.25) is 0 Å². The van der Waals surface area contributed by atoms with E-state index in [1.807, 2.05) is 0 Å². The third-order valence-electron chi connectivity index (χ3n) is 2.64. The van der Waals surface area contributed by atoms with Gasteiger partial charge in [-0.1, -0.05) is 0 Å². The minimum absolute atomic E-state index is 0.153. The number of benzene rings is 1. The predicted molar refractivity (Wildman–Crippen MR) is 64.5 cm³/mol. The Morgan fingerprint density at radius 2 is 1.65 bits per heavy atom. The van der Waals surface area contributed by atoms with Crippen LogP contribution in [0.1, 0.15) is 0 Å². The van der Waals surface area contributed by atoms with Gasteiger partial charge in [0.15, 0.2) is 5.82 Å². The monoisotopic (exact) mass is 276 g/mol. The summed E-state index contributed by atoms with van der Waals surface area (Å²) in [7, 11) is 0. The molecule has 0 fully saturated rings. The molecule has 0 saturated carbocycles. The standard InChI is InChI=1S/C13H7F3N4/c14-9-1-2-11(12(16)3-9)8-4-19-20(7-8)13-17-5-10(15)6-18-13/h1-7H. The summed E-state index contributed by atoms with van der Waals surface area (Å²) in [6.45, 7) is 0. The number of halogens is 3. The molecule has 0 aliphatic rings. The Morgan fingerprint density at radius 1 is 0.900 bits per heavy atom. The Morgan fingerprint density at radius 3 is 2.35 bits per heavy atom. The van der Waals surface area contributed by atoms with Crippen molar-refractivity contribution in [2.75, 3.05) is 0 Å². The number of aromatic nitrogens is 4. The highest BCUT2D eigenvalue weighted by Gasteiger charge is 2.10. The van der Waals surface area contributed by atoms with Gasteiger partial charge in [0.1, 0.15) is 11.6 Å². The van der Waals surface area contributed by atoms with Gasteiger partial charge < -0.3 is 0 Å². The quantitative estimate of drug-likeness (QED) is 0.723. The normalized spacial score (nSPS) is 10.8. The van der Waals surface area contributed by atoms with Gasteiger partial charge in [0.2, 0.25) is 0 Å². The van der Waals surface area contributed by atoms with Gasteiger partial charge in [0.25, 0.3) is 5.95 Å². The molecule has 0 N–H and O–H groups in total. The van der Waals surface area contributed by atoms with Crippen molar-refractivity contribution in [3.63, 3.8) is 0 Å². The van der Waals surface area contributed by atoms with Crippen molar-refractivity contribution in [2.45, 2.75) is 0 Å². The van der Waals surface area contributed by atoms with Gasteiger partial charge in [-0.25, -0.2) is 27.8 Å². The average Bonchev–Trinajstić information content (AvgIpc) is 2.89. The Kier molecular flexibility index (Phi) is 2.94. The van der Waals surface area contributed by atoms with Crippen LogP contribution < -0.4 is 0 Å². The smallest absolute Gasteiger partial charge is 0.217 e. The Labute approximate surface area is 111 Å². The van der Waals surface area contributed by atoms with E-state index in [4.69, 9.17) is 0 Å². The molecule has 0 amide bonds. The molecule has 0 unspecified atom stereocenters. The van der Waals surface area contributed by atoms with E-state index >= 15 is 0 Å². The Balaban J connectivity index is 1.99. The summed E-state index contributed by atoms with van der Waals surface area (Å²) in [5, 5.41) is 3.96. The summed E-state index contributed by atoms with van der Waals surface area (Å²) < 4.78 is 40.5.